The molecule has 132 valence electrons. The van der Waals surface area contributed by atoms with Crippen LogP contribution >= 0.6 is 0 Å². The number of aliphatic carboxylic acids is 1. The molecule has 0 saturated carbocycles. The second-order valence-electron chi connectivity index (χ2n) is 5.16. The summed E-state index contributed by atoms with van der Waals surface area (Å²) in [5.41, 5.74) is 0.285. The number of hydrogen-bond donors (Lipinski definition) is 1. The average molecular weight is 367 g/mol. The third kappa shape index (κ3) is 4.62. The van der Waals surface area contributed by atoms with Crippen molar-refractivity contribution in [2.45, 2.75) is 12.5 Å². The SMILES string of the molecule is CS(=O)(=O)OCCc1cncn1C(C(=O)O)c1ccc(C#N)cc1F. The topological polar surface area (TPSA) is 122 Å². The number of hydrogen-bond acceptors (Lipinski definition) is 6. The van der Waals surface area contributed by atoms with E-state index < -0.39 is 27.9 Å². The van der Waals surface area contributed by atoms with E-state index >= 15 is 0 Å². The van der Waals surface area contributed by atoms with Gasteiger partial charge in [-0.3, -0.25) is 4.18 Å². The standard InChI is InChI=1S/C15H14FN3O5S/c1-25(22,23)24-5-4-11-8-18-9-19(11)14(15(20)21)12-3-2-10(7-17)6-13(12)16/h2-3,6,8-9,14H,4-5H2,1H3,(H,20,21). The van der Waals surface area contributed by atoms with E-state index in [1.807, 2.05) is 0 Å². The van der Waals surface area contributed by atoms with E-state index in [-0.39, 0.29) is 24.2 Å². The highest BCUT2D eigenvalue weighted by molar-refractivity contribution is 7.85. The first kappa shape index (κ1) is 18.6. The van der Waals surface area contributed by atoms with Crippen molar-refractivity contribution in [1.29, 1.82) is 5.26 Å². The Kier molecular flexibility index (Phi) is 5.51. The van der Waals surface area contributed by atoms with Crippen LogP contribution in [-0.2, 0) is 25.5 Å². The molecule has 8 nitrogen and oxygen atoms in total. The van der Waals surface area contributed by atoms with Crippen molar-refractivity contribution in [1.82, 2.24) is 9.55 Å². The van der Waals surface area contributed by atoms with Gasteiger partial charge in [0.2, 0.25) is 0 Å². The molecule has 1 unspecified atom stereocenters. The molecule has 0 radical (unpaired) electrons. The minimum Gasteiger partial charge on any atom is -0.479 e. The van der Waals surface area contributed by atoms with Crippen molar-refractivity contribution in [3.8, 4) is 6.07 Å². The number of rotatable bonds is 7. The van der Waals surface area contributed by atoms with Crippen LogP contribution in [0, 0.1) is 17.1 Å². The lowest BCUT2D eigenvalue weighted by Crippen LogP contribution is -2.23. The van der Waals surface area contributed by atoms with Crippen LogP contribution in [0.2, 0.25) is 0 Å². The minimum atomic E-state index is -3.63. The highest BCUT2D eigenvalue weighted by Crippen LogP contribution is 2.24. The molecule has 1 aromatic heterocycles. The lowest BCUT2D eigenvalue weighted by Gasteiger charge is -2.18. The zero-order chi connectivity index (χ0) is 18.6. The number of carboxylic acid groups (broad SMARTS) is 1. The summed E-state index contributed by atoms with van der Waals surface area (Å²) in [6.45, 7) is -0.202. The van der Waals surface area contributed by atoms with E-state index in [1.165, 1.54) is 29.2 Å². The molecule has 0 spiro atoms. The Morgan fingerprint density at radius 2 is 2.24 bits per heavy atom. The van der Waals surface area contributed by atoms with Gasteiger partial charge in [-0.1, -0.05) is 6.07 Å². The number of carboxylic acids is 1. The number of nitrogens with zero attached hydrogens (tertiary/aromatic N) is 3. The third-order valence-corrected chi connectivity index (χ3v) is 3.93. The molecule has 0 bridgehead atoms. The van der Waals surface area contributed by atoms with E-state index in [1.54, 1.807) is 6.07 Å². The molecule has 0 aliphatic rings. The maximum atomic E-state index is 14.2. The van der Waals surface area contributed by atoms with Crippen molar-refractivity contribution in [3.63, 3.8) is 0 Å². The number of halogens is 1. The van der Waals surface area contributed by atoms with Crippen LogP contribution < -0.4 is 0 Å². The molecule has 1 heterocycles. The van der Waals surface area contributed by atoms with Gasteiger partial charge in [0.25, 0.3) is 10.1 Å². The van der Waals surface area contributed by atoms with Crippen molar-refractivity contribution in [2.75, 3.05) is 12.9 Å². The van der Waals surface area contributed by atoms with E-state index in [0.717, 1.165) is 12.3 Å². The average Bonchev–Trinajstić information content (AvgIpc) is 2.95. The van der Waals surface area contributed by atoms with Gasteiger partial charge >= 0.3 is 5.97 Å². The molecule has 1 aromatic carbocycles. The van der Waals surface area contributed by atoms with Gasteiger partial charge in [0, 0.05) is 23.9 Å². The summed E-state index contributed by atoms with van der Waals surface area (Å²) in [6.07, 6.45) is 3.53. The van der Waals surface area contributed by atoms with Crippen LogP contribution in [0.15, 0.2) is 30.7 Å². The monoisotopic (exact) mass is 367 g/mol. The fraction of sp³-hybridized carbons (Fsp3) is 0.267. The first-order valence-corrected chi connectivity index (χ1v) is 8.82. The van der Waals surface area contributed by atoms with E-state index in [0.29, 0.717) is 5.69 Å². The van der Waals surface area contributed by atoms with Gasteiger partial charge in [-0.05, 0) is 12.1 Å². The first-order valence-electron chi connectivity index (χ1n) is 7.00. The molecular formula is C15H14FN3O5S. The summed E-state index contributed by atoms with van der Waals surface area (Å²) in [7, 11) is -3.63. The number of aromatic nitrogens is 2. The molecule has 1 atom stereocenters. The largest absolute Gasteiger partial charge is 0.479 e. The van der Waals surface area contributed by atoms with Crippen LogP contribution in [-0.4, -0.2) is 41.9 Å². The molecule has 10 heteroatoms. The van der Waals surface area contributed by atoms with Gasteiger partial charge in [0.05, 0.1) is 30.8 Å². The maximum Gasteiger partial charge on any atom is 0.331 e. The third-order valence-electron chi connectivity index (χ3n) is 3.34. The van der Waals surface area contributed by atoms with Crippen LogP contribution in [0.5, 0.6) is 0 Å². The Morgan fingerprint density at radius 3 is 2.80 bits per heavy atom. The Balaban J connectivity index is 2.35. The van der Waals surface area contributed by atoms with Gasteiger partial charge in [-0.15, -0.1) is 0 Å². The predicted octanol–water partition coefficient (Wildman–Crippen LogP) is 1.09. The summed E-state index contributed by atoms with van der Waals surface area (Å²) in [5, 5.41) is 18.3. The second kappa shape index (κ2) is 7.42. The van der Waals surface area contributed by atoms with Gasteiger partial charge in [-0.25, -0.2) is 14.2 Å². The molecule has 0 amide bonds. The molecule has 0 aliphatic heterocycles. The van der Waals surface area contributed by atoms with Gasteiger partial charge in [0.15, 0.2) is 6.04 Å². The molecule has 25 heavy (non-hydrogen) atoms. The summed E-state index contributed by atoms with van der Waals surface area (Å²) in [4.78, 5) is 15.5. The molecular weight excluding hydrogens is 353 g/mol. The van der Waals surface area contributed by atoms with Crippen LogP contribution in [0.3, 0.4) is 0 Å². The highest BCUT2D eigenvalue weighted by Gasteiger charge is 2.27. The van der Waals surface area contributed by atoms with Crippen LogP contribution in [0.25, 0.3) is 0 Å². The Labute approximate surface area is 143 Å². The van der Waals surface area contributed by atoms with E-state index in [2.05, 4.69) is 9.17 Å². The Bertz CT molecular complexity index is 933. The smallest absolute Gasteiger partial charge is 0.331 e. The quantitative estimate of drug-likeness (QED) is 0.727. The van der Waals surface area contributed by atoms with E-state index in [4.69, 9.17) is 5.26 Å². The molecule has 0 fully saturated rings. The minimum absolute atomic E-state index is 0.0642. The number of imidazole rings is 1. The zero-order valence-corrected chi connectivity index (χ0v) is 13.9. The molecule has 2 rings (SSSR count). The first-order chi connectivity index (χ1) is 11.7. The summed E-state index contributed by atoms with van der Waals surface area (Å²) in [6, 6.07) is 3.85. The van der Waals surface area contributed by atoms with E-state index in [9.17, 15) is 22.7 Å². The zero-order valence-electron chi connectivity index (χ0n) is 13.1. The predicted molar refractivity (Wildman–Crippen MR) is 83.6 cm³/mol. The van der Waals surface area contributed by atoms with Crippen molar-refractivity contribution in [3.05, 3.63) is 53.4 Å². The highest BCUT2D eigenvalue weighted by atomic mass is 32.2. The molecule has 0 saturated heterocycles. The summed E-state index contributed by atoms with van der Waals surface area (Å²) in [5.74, 6) is -2.16. The van der Waals surface area contributed by atoms with Gasteiger partial charge in [0.1, 0.15) is 5.82 Å². The number of nitriles is 1. The van der Waals surface area contributed by atoms with Gasteiger partial charge < -0.3 is 9.67 Å². The second-order valence-corrected chi connectivity index (χ2v) is 6.80. The molecule has 1 N–H and O–H groups in total. The van der Waals surface area contributed by atoms with Crippen molar-refractivity contribution in [2.24, 2.45) is 0 Å². The Morgan fingerprint density at radius 1 is 1.52 bits per heavy atom. The van der Waals surface area contributed by atoms with Crippen molar-refractivity contribution >= 4 is 16.1 Å². The van der Waals surface area contributed by atoms with Crippen molar-refractivity contribution < 1.29 is 26.9 Å². The summed E-state index contributed by atoms with van der Waals surface area (Å²) >= 11 is 0. The van der Waals surface area contributed by atoms with Gasteiger partial charge in [-0.2, -0.15) is 13.7 Å². The summed E-state index contributed by atoms with van der Waals surface area (Å²) < 4.78 is 42.1. The number of carbonyl (C=O) groups is 1. The molecule has 2 aromatic rings. The fourth-order valence-electron chi connectivity index (χ4n) is 2.28. The Hall–Kier alpha value is -2.77. The lowest BCUT2D eigenvalue weighted by atomic mass is 10.0. The number of benzene rings is 1. The van der Waals surface area contributed by atoms with Crippen LogP contribution in [0.4, 0.5) is 4.39 Å². The molecule has 0 aliphatic carbocycles. The fourth-order valence-corrected chi connectivity index (χ4v) is 2.66. The lowest BCUT2D eigenvalue weighted by molar-refractivity contribution is -0.139. The van der Waals surface area contributed by atoms with Crippen LogP contribution in [0.1, 0.15) is 22.9 Å². The maximum absolute atomic E-state index is 14.2. The normalized spacial score (nSPS) is 12.5.